The summed E-state index contributed by atoms with van der Waals surface area (Å²) in [6.45, 7) is 0.530. The molecule has 0 radical (unpaired) electrons. The summed E-state index contributed by atoms with van der Waals surface area (Å²) < 4.78 is 12.6. The Morgan fingerprint density at radius 1 is 1.24 bits per heavy atom. The minimum atomic E-state index is 0.530. The Morgan fingerprint density at radius 2 is 2.05 bits per heavy atom. The van der Waals surface area contributed by atoms with Crippen molar-refractivity contribution in [2.45, 2.75) is 6.54 Å². The van der Waals surface area contributed by atoms with E-state index in [2.05, 4.69) is 15.6 Å². The number of aromatic nitrogens is 3. The lowest BCUT2D eigenvalue weighted by Crippen LogP contribution is -2.11. The zero-order valence-corrected chi connectivity index (χ0v) is 12.0. The average Bonchev–Trinajstić information content (AvgIpc) is 3.16. The fraction of sp³-hybridized carbons (Fsp3) is 0.143. The second-order valence-electron chi connectivity index (χ2n) is 4.32. The van der Waals surface area contributed by atoms with Crippen molar-refractivity contribution in [1.82, 2.24) is 14.9 Å². The van der Waals surface area contributed by atoms with Crippen LogP contribution in [0.3, 0.4) is 0 Å². The maximum atomic E-state index is 6.12. The Hall–Kier alpha value is -2.47. The van der Waals surface area contributed by atoms with Gasteiger partial charge in [0.05, 0.1) is 18.7 Å². The molecule has 2 aromatic heterocycles. The van der Waals surface area contributed by atoms with E-state index in [1.165, 1.54) is 0 Å². The van der Waals surface area contributed by atoms with Gasteiger partial charge >= 0.3 is 0 Å². The summed E-state index contributed by atoms with van der Waals surface area (Å²) in [5.74, 6) is 2.19. The van der Waals surface area contributed by atoms with E-state index < -0.39 is 0 Å². The fourth-order valence-corrected chi connectivity index (χ4v) is 2.16. The second kappa shape index (κ2) is 5.88. The van der Waals surface area contributed by atoms with Crippen molar-refractivity contribution >= 4 is 11.6 Å². The number of furan rings is 1. The monoisotopic (exact) mass is 304 g/mol. The maximum absolute atomic E-state index is 6.12. The number of benzene rings is 1. The molecule has 7 heteroatoms. The lowest BCUT2D eigenvalue weighted by Gasteiger charge is -2.05. The van der Waals surface area contributed by atoms with Crippen molar-refractivity contribution in [3.05, 3.63) is 53.8 Å². The number of ether oxygens (including phenoxy) is 1. The van der Waals surface area contributed by atoms with Crippen molar-refractivity contribution in [2.75, 3.05) is 12.5 Å². The molecule has 1 N–H and O–H groups in total. The number of nitrogens with one attached hydrogen (secondary N) is 1. The Morgan fingerprint density at radius 3 is 2.76 bits per heavy atom. The summed E-state index contributed by atoms with van der Waals surface area (Å²) in [7, 11) is 1.59. The summed E-state index contributed by atoms with van der Waals surface area (Å²) in [5.41, 5.74) is 3.99. The van der Waals surface area contributed by atoms with E-state index in [1.807, 2.05) is 30.3 Å². The molecule has 0 aliphatic carbocycles. The molecule has 0 bridgehead atoms. The minimum absolute atomic E-state index is 0.530. The highest BCUT2D eigenvalue weighted by Gasteiger charge is 2.08. The third-order valence-corrected chi connectivity index (χ3v) is 3.25. The van der Waals surface area contributed by atoms with Gasteiger partial charge < -0.3 is 14.6 Å². The number of methoxy groups -OCH3 is 1. The van der Waals surface area contributed by atoms with Gasteiger partial charge in [-0.2, -0.15) is 0 Å². The fourth-order valence-electron chi connectivity index (χ4n) is 1.90. The number of rotatable bonds is 5. The van der Waals surface area contributed by atoms with Crippen LogP contribution in [0.25, 0.3) is 11.3 Å². The van der Waals surface area contributed by atoms with Crippen molar-refractivity contribution in [3.8, 4) is 17.1 Å². The van der Waals surface area contributed by atoms with Crippen LogP contribution >= 0.6 is 11.6 Å². The summed E-state index contributed by atoms with van der Waals surface area (Å²) in [6, 6.07) is 9.35. The smallest absolute Gasteiger partial charge is 0.138 e. The molecule has 0 amide bonds. The van der Waals surface area contributed by atoms with Gasteiger partial charge in [-0.3, -0.25) is 0 Å². The van der Waals surface area contributed by atoms with Crippen LogP contribution in [0.2, 0.25) is 5.02 Å². The highest BCUT2D eigenvalue weighted by molar-refractivity contribution is 6.32. The Kier molecular flexibility index (Phi) is 3.79. The van der Waals surface area contributed by atoms with Gasteiger partial charge in [-0.15, -0.1) is 10.2 Å². The molecule has 6 nitrogen and oxygen atoms in total. The van der Waals surface area contributed by atoms with Crippen LogP contribution < -0.4 is 10.2 Å². The third kappa shape index (κ3) is 3.00. The van der Waals surface area contributed by atoms with Gasteiger partial charge in [0, 0.05) is 5.56 Å². The predicted molar refractivity (Wildman–Crippen MR) is 78.8 cm³/mol. The van der Waals surface area contributed by atoms with E-state index in [0.717, 1.165) is 17.1 Å². The molecular formula is C14H13ClN4O2. The molecule has 0 spiro atoms. The first-order valence-corrected chi connectivity index (χ1v) is 6.65. The van der Waals surface area contributed by atoms with Crippen molar-refractivity contribution < 1.29 is 9.15 Å². The molecule has 0 aliphatic rings. The van der Waals surface area contributed by atoms with Crippen molar-refractivity contribution in [3.63, 3.8) is 0 Å². The molecule has 108 valence electrons. The molecule has 3 rings (SSSR count). The van der Waals surface area contributed by atoms with Gasteiger partial charge in [0.2, 0.25) is 0 Å². The largest absolute Gasteiger partial charge is 0.495 e. The van der Waals surface area contributed by atoms with Gasteiger partial charge in [-0.05, 0) is 30.3 Å². The first-order valence-electron chi connectivity index (χ1n) is 6.27. The molecule has 3 aromatic rings. The molecule has 0 aliphatic heterocycles. The molecular weight excluding hydrogens is 292 g/mol. The standard InChI is InChI=1S/C14H13ClN4O2/c1-20-14-4-2-10(6-12(14)15)13-5-3-11(21-13)7-18-19-8-16-17-9-19/h2-6,8-9,18H,7H2,1H3. The maximum Gasteiger partial charge on any atom is 0.138 e. The number of hydrogen-bond donors (Lipinski definition) is 1. The summed E-state index contributed by atoms with van der Waals surface area (Å²) >= 11 is 6.12. The SMILES string of the molecule is COc1ccc(-c2ccc(CNn3cnnc3)o2)cc1Cl. The summed E-state index contributed by atoms with van der Waals surface area (Å²) in [5, 5.41) is 7.96. The normalized spacial score (nSPS) is 10.6. The van der Waals surface area contributed by atoms with Crippen LogP contribution in [0.5, 0.6) is 5.75 Å². The third-order valence-electron chi connectivity index (χ3n) is 2.95. The van der Waals surface area contributed by atoms with Gasteiger partial charge in [-0.1, -0.05) is 11.6 Å². The van der Waals surface area contributed by atoms with E-state index in [0.29, 0.717) is 17.3 Å². The predicted octanol–water partition coefficient (Wildman–Crippen LogP) is 2.94. The molecule has 21 heavy (non-hydrogen) atoms. The summed E-state index contributed by atoms with van der Waals surface area (Å²) in [4.78, 5) is 0. The van der Waals surface area contributed by atoms with E-state index in [1.54, 1.807) is 24.4 Å². The summed E-state index contributed by atoms with van der Waals surface area (Å²) in [6.07, 6.45) is 3.15. The van der Waals surface area contributed by atoms with Gasteiger partial charge in [0.15, 0.2) is 0 Å². The lowest BCUT2D eigenvalue weighted by molar-refractivity contribution is 0.415. The molecule has 0 fully saturated rings. The van der Waals surface area contributed by atoms with E-state index >= 15 is 0 Å². The Bertz CT molecular complexity index is 724. The van der Waals surface area contributed by atoms with Crippen LogP contribution in [-0.4, -0.2) is 22.0 Å². The highest BCUT2D eigenvalue weighted by Crippen LogP contribution is 2.31. The van der Waals surface area contributed by atoms with Crippen LogP contribution in [0.15, 0.2) is 47.4 Å². The first-order chi connectivity index (χ1) is 10.3. The number of halogens is 1. The topological polar surface area (TPSA) is 65.1 Å². The highest BCUT2D eigenvalue weighted by atomic mass is 35.5. The van der Waals surface area contributed by atoms with Crippen LogP contribution in [0.1, 0.15) is 5.76 Å². The number of hydrogen-bond acceptors (Lipinski definition) is 5. The molecule has 0 atom stereocenters. The molecule has 0 saturated carbocycles. The second-order valence-corrected chi connectivity index (χ2v) is 4.73. The zero-order valence-electron chi connectivity index (χ0n) is 11.3. The average molecular weight is 305 g/mol. The minimum Gasteiger partial charge on any atom is -0.495 e. The molecule has 2 heterocycles. The van der Waals surface area contributed by atoms with Crippen molar-refractivity contribution in [2.24, 2.45) is 0 Å². The lowest BCUT2D eigenvalue weighted by atomic mass is 10.2. The van der Waals surface area contributed by atoms with Crippen LogP contribution in [0.4, 0.5) is 0 Å². The molecule has 0 unspecified atom stereocenters. The van der Waals surface area contributed by atoms with E-state index in [4.69, 9.17) is 20.8 Å². The molecule has 0 saturated heterocycles. The van der Waals surface area contributed by atoms with Crippen LogP contribution in [0, 0.1) is 0 Å². The van der Waals surface area contributed by atoms with Crippen LogP contribution in [-0.2, 0) is 6.54 Å². The van der Waals surface area contributed by atoms with Gasteiger partial charge in [0.1, 0.15) is 29.9 Å². The Balaban J connectivity index is 1.73. The van der Waals surface area contributed by atoms with E-state index in [-0.39, 0.29) is 0 Å². The number of nitrogens with zero attached hydrogens (tertiary/aromatic N) is 3. The zero-order chi connectivity index (χ0) is 14.7. The quantitative estimate of drug-likeness (QED) is 0.785. The first kappa shape index (κ1) is 13.5. The van der Waals surface area contributed by atoms with Gasteiger partial charge in [-0.25, -0.2) is 4.68 Å². The van der Waals surface area contributed by atoms with Crippen molar-refractivity contribution in [1.29, 1.82) is 0 Å². The molecule has 1 aromatic carbocycles. The van der Waals surface area contributed by atoms with Gasteiger partial charge in [0.25, 0.3) is 0 Å². The Labute approximate surface area is 126 Å². The van der Waals surface area contributed by atoms with E-state index in [9.17, 15) is 0 Å².